The van der Waals surface area contributed by atoms with Gasteiger partial charge in [-0.05, 0) is 57.4 Å². The third-order valence-electron chi connectivity index (χ3n) is 8.36. The lowest BCUT2D eigenvalue weighted by molar-refractivity contribution is -0.137. The molecule has 4 aliphatic rings. The Kier molecular flexibility index (Phi) is 7.75. The Labute approximate surface area is 231 Å². The van der Waals surface area contributed by atoms with Crippen LogP contribution in [-0.4, -0.2) is 103 Å². The van der Waals surface area contributed by atoms with Crippen molar-refractivity contribution in [2.24, 2.45) is 5.92 Å². The number of amides is 2. The van der Waals surface area contributed by atoms with Crippen LogP contribution in [0, 0.1) is 5.92 Å². The van der Waals surface area contributed by atoms with E-state index in [-0.39, 0.29) is 24.1 Å². The van der Waals surface area contributed by atoms with Crippen molar-refractivity contribution in [1.29, 1.82) is 0 Å². The van der Waals surface area contributed by atoms with Crippen molar-refractivity contribution < 1.29 is 29.3 Å². The SMILES string of the molecule is Nc1nc(CCCC2CCN(C(=O)OC3CCNC3)CC2)nc2c1ncn2[C@@H]1O[C@H](C(=O)NC2CC2)[C@H](O)C1O. The van der Waals surface area contributed by atoms with Gasteiger partial charge in [-0.25, -0.2) is 19.7 Å². The van der Waals surface area contributed by atoms with Crippen LogP contribution >= 0.6 is 0 Å². The van der Waals surface area contributed by atoms with Gasteiger partial charge >= 0.3 is 6.09 Å². The summed E-state index contributed by atoms with van der Waals surface area (Å²) in [5, 5.41) is 27.2. The molecule has 5 atom stereocenters. The minimum atomic E-state index is -1.38. The van der Waals surface area contributed by atoms with E-state index in [1.54, 1.807) is 0 Å². The first kappa shape index (κ1) is 27.1. The molecule has 2 amide bonds. The molecule has 0 radical (unpaired) electrons. The van der Waals surface area contributed by atoms with Crippen molar-refractivity contribution in [2.45, 2.75) is 88.1 Å². The van der Waals surface area contributed by atoms with Crippen LogP contribution in [0.4, 0.5) is 10.6 Å². The normalized spacial score (nSPS) is 29.2. The molecule has 3 saturated heterocycles. The van der Waals surface area contributed by atoms with Crippen molar-refractivity contribution in [3.63, 3.8) is 0 Å². The van der Waals surface area contributed by atoms with Gasteiger partial charge in [0.25, 0.3) is 5.91 Å². The van der Waals surface area contributed by atoms with E-state index >= 15 is 0 Å². The van der Waals surface area contributed by atoms with Crippen LogP contribution in [0.5, 0.6) is 0 Å². The Morgan fingerprint density at radius 3 is 2.67 bits per heavy atom. The van der Waals surface area contributed by atoms with Gasteiger partial charge in [0.1, 0.15) is 29.7 Å². The summed E-state index contributed by atoms with van der Waals surface area (Å²) in [5.74, 6) is 0.837. The smallest absolute Gasteiger partial charge is 0.410 e. The quantitative estimate of drug-likeness (QED) is 0.289. The van der Waals surface area contributed by atoms with Crippen molar-refractivity contribution in [2.75, 3.05) is 31.9 Å². The summed E-state index contributed by atoms with van der Waals surface area (Å²) in [6.07, 6.45) is 3.22. The molecule has 2 aromatic heterocycles. The lowest BCUT2D eigenvalue weighted by atomic mass is 9.91. The van der Waals surface area contributed by atoms with E-state index in [4.69, 9.17) is 15.2 Å². The average molecular weight is 559 g/mol. The van der Waals surface area contributed by atoms with Gasteiger partial charge in [0.2, 0.25) is 0 Å². The van der Waals surface area contributed by atoms with Crippen LogP contribution < -0.4 is 16.4 Å². The molecule has 1 aliphatic carbocycles. The highest BCUT2D eigenvalue weighted by Gasteiger charge is 2.48. The molecule has 1 saturated carbocycles. The number of hydrogen-bond acceptors (Lipinski definition) is 11. The number of rotatable bonds is 8. The molecule has 2 unspecified atom stereocenters. The van der Waals surface area contributed by atoms with E-state index in [0.29, 0.717) is 42.4 Å². The number of carbonyl (C=O) groups excluding carboxylic acids is 2. The fraction of sp³-hybridized carbons (Fsp3) is 0.731. The monoisotopic (exact) mass is 558 g/mol. The summed E-state index contributed by atoms with van der Waals surface area (Å²) in [7, 11) is 0. The Morgan fingerprint density at radius 1 is 1.15 bits per heavy atom. The molecule has 2 aromatic rings. The number of anilines is 1. The van der Waals surface area contributed by atoms with Crippen molar-refractivity contribution in [3.8, 4) is 0 Å². The maximum atomic E-state index is 12.5. The number of ether oxygens (including phenoxy) is 2. The van der Waals surface area contributed by atoms with Gasteiger partial charge in [0.05, 0.1) is 6.33 Å². The number of aliphatic hydroxyl groups is 2. The number of imidazole rings is 1. The van der Waals surface area contributed by atoms with Crippen molar-refractivity contribution in [1.82, 2.24) is 35.1 Å². The van der Waals surface area contributed by atoms with Crippen LogP contribution in [0.2, 0.25) is 0 Å². The summed E-state index contributed by atoms with van der Waals surface area (Å²) >= 11 is 0. The highest BCUT2D eigenvalue weighted by atomic mass is 16.6. The minimum absolute atomic E-state index is 0.0203. The summed E-state index contributed by atoms with van der Waals surface area (Å²) in [6, 6.07) is 0.104. The molecule has 4 fully saturated rings. The number of nitrogens with one attached hydrogen (secondary N) is 2. The lowest BCUT2D eigenvalue weighted by Crippen LogP contribution is -2.43. The Hall–Kier alpha value is -3.07. The molecule has 14 nitrogen and oxygen atoms in total. The molecule has 6 rings (SSSR count). The molecule has 14 heteroatoms. The third kappa shape index (κ3) is 5.71. The van der Waals surface area contributed by atoms with Crippen LogP contribution in [0.15, 0.2) is 6.33 Å². The largest absolute Gasteiger partial charge is 0.445 e. The van der Waals surface area contributed by atoms with E-state index in [2.05, 4.69) is 25.6 Å². The first-order chi connectivity index (χ1) is 19.4. The van der Waals surface area contributed by atoms with Gasteiger partial charge < -0.3 is 41.0 Å². The molecule has 0 aromatic carbocycles. The third-order valence-corrected chi connectivity index (χ3v) is 8.36. The van der Waals surface area contributed by atoms with E-state index in [1.165, 1.54) is 10.9 Å². The second kappa shape index (κ2) is 11.4. The van der Waals surface area contributed by atoms with E-state index < -0.39 is 30.4 Å². The number of fused-ring (bicyclic) bond motifs is 1. The Balaban J connectivity index is 1.04. The number of nitrogens with two attached hydrogens (primary N) is 1. The zero-order chi connectivity index (χ0) is 27.8. The number of aryl methyl sites for hydroxylation is 1. The van der Waals surface area contributed by atoms with E-state index in [1.807, 2.05) is 4.90 Å². The molecule has 40 heavy (non-hydrogen) atoms. The van der Waals surface area contributed by atoms with Crippen LogP contribution in [-0.2, 0) is 20.7 Å². The Morgan fingerprint density at radius 2 is 1.95 bits per heavy atom. The summed E-state index contributed by atoms with van der Waals surface area (Å²) in [5.41, 5.74) is 6.94. The number of nitrogen functional groups attached to an aromatic ring is 1. The maximum Gasteiger partial charge on any atom is 0.410 e. The summed E-state index contributed by atoms with van der Waals surface area (Å²) in [6.45, 7) is 3.03. The number of nitrogens with zero attached hydrogens (tertiary/aromatic N) is 5. The summed E-state index contributed by atoms with van der Waals surface area (Å²) in [4.78, 5) is 40.1. The Bertz CT molecular complexity index is 1220. The van der Waals surface area contributed by atoms with Crippen LogP contribution in [0.25, 0.3) is 11.2 Å². The molecule has 6 N–H and O–H groups in total. The van der Waals surface area contributed by atoms with E-state index in [0.717, 1.165) is 58.0 Å². The first-order valence-corrected chi connectivity index (χ1v) is 14.3. The van der Waals surface area contributed by atoms with Gasteiger partial charge in [0, 0.05) is 32.1 Å². The predicted octanol–water partition coefficient (Wildman–Crippen LogP) is -0.160. The first-order valence-electron chi connectivity index (χ1n) is 14.3. The molecule has 218 valence electrons. The second-order valence-electron chi connectivity index (χ2n) is 11.4. The zero-order valence-electron chi connectivity index (χ0n) is 22.4. The molecule has 5 heterocycles. The molecular weight excluding hydrogens is 520 g/mol. The standard InChI is InChI=1S/C26H38N8O6/c27-22-18-23(34(13-29-18)25-20(36)19(35)21(40-25)24(37)30-15-4-5-15)32-17(31-22)3-1-2-14-7-10-33(11-8-14)26(38)39-16-6-9-28-12-16/h13-16,19-21,25,28,35-36H,1-12H2,(H,30,37)(H2,27,31,32)/t16?,19-,20?,21+,25-/m1/s1. The highest BCUT2D eigenvalue weighted by Crippen LogP contribution is 2.33. The van der Waals surface area contributed by atoms with Crippen LogP contribution in [0.1, 0.15) is 57.0 Å². The minimum Gasteiger partial charge on any atom is -0.445 e. The van der Waals surface area contributed by atoms with Gasteiger partial charge in [-0.2, -0.15) is 0 Å². The van der Waals surface area contributed by atoms with Gasteiger partial charge in [0.15, 0.2) is 23.8 Å². The number of likely N-dealkylation sites (tertiary alicyclic amines) is 1. The predicted molar refractivity (Wildman–Crippen MR) is 142 cm³/mol. The second-order valence-corrected chi connectivity index (χ2v) is 11.4. The highest BCUT2D eigenvalue weighted by molar-refractivity contribution is 5.83. The summed E-state index contributed by atoms with van der Waals surface area (Å²) < 4.78 is 12.9. The fourth-order valence-corrected chi connectivity index (χ4v) is 5.80. The number of aromatic nitrogens is 4. The van der Waals surface area contributed by atoms with Crippen molar-refractivity contribution in [3.05, 3.63) is 12.2 Å². The lowest BCUT2D eigenvalue weighted by Gasteiger charge is -2.32. The van der Waals surface area contributed by atoms with Crippen LogP contribution in [0.3, 0.4) is 0 Å². The topological polar surface area (TPSA) is 190 Å². The average Bonchev–Trinajstić information content (AvgIpc) is 3.29. The number of carbonyl (C=O) groups is 2. The molecule has 0 spiro atoms. The van der Waals surface area contributed by atoms with Gasteiger partial charge in [-0.3, -0.25) is 9.36 Å². The van der Waals surface area contributed by atoms with E-state index in [9.17, 15) is 19.8 Å². The van der Waals surface area contributed by atoms with Gasteiger partial charge in [-0.15, -0.1) is 0 Å². The molecule has 3 aliphatic heterocycles. The number of hydrogen-bond donors (Lipinski definition) is 5. The van der Waals surface area contributed by atoms with Crippen molar-refractivity contribution >= 4 is 29.0 Å². The number of piperidine rings is 1. The maximum absolute atomic E-state index is 12.5. The fourth-order valence-electron chi connectivity index (χ4n) is 5.80. The number of aliphatic hydroxyl groups excluding tert-OH is 2. The molecular formula is C26H38N8O6. The zero-order valence-corrected chi connectivity index (χ0v) is 22.4. The van der Waals surface area contributed by atoms with Gasteiger partial charge in [-0.1, -0.05) is 0 Å². The molecule has 0 bridgehead atoms.